The summed E-state index contributed by atoms with van der Waals surface area (Å²) in [5.74, 6) is 0.340. The van der Waals surface area contributed by atoms with Gasteiger partial charge in [0.05, 0.1) is 24.8 Å². The first-order chi connectivity index (χ1) is 19.9. The molecule has 2 aliphatic rings. The number of hydrogen-bond donors (Lipinski definition) is 3. The lowest BCUT2D eigenvalue weighted by Gasteiger charge is -2.32. The standard InChI is InChI=1S/C31H40N6O4/c1-23-5-8-27(29(38)36-15-11-26(12-16-36)25-9-6-24(22-32)7-10-25)21-28(23)35-30(39)33-13-3-2-4-14-34-31(40)37-17-19-41-20-18-37/h5-10,21,26H,2-4,11-20H2,1H3,(H,34,40)(H2,33,35,39). The number of aryl methyl sites for hydroxylation is 1. The Bertz CT molecular complexity index is 1230. The van der Waals surface area contributed by atoms with E-state index in [1.165, 1.54) is 5.56 Å². The van der Waals surface area contributed by atoms with Crippen LogP contribution in [0.3, 0.4) is 0 Å². The van der Waals surface area contributed by atoms with Crippen molar-refractivity contribution in [1.82, 2.24) is 20.4 Å². The SMILES string of the molecule is Cc1ccc(C(=O)N2CCC(c3ccc(C#N)cc3)CC2)cc1NC(=O)NCCCCCNC(=O)N1CCOCC1. The van der Waals surface area contributed by atoms with Crippen molar-refractivity contribution < 1.29 is 19.1 Å². The maximum Gasteiger partial charge on any atom is 0.319 e. The second kappa shape index (κ2) is 15.1. The molecule has 218 valence electrons. The zero-order chi connectivity index (χ0) is 29.0. The van der Waals surface area contributed by atoms with Crippen LogP contribution in [0.15, 0.2) is 42.5 Å². The number of amides is 5. The third-order valence-electron chi connectivity index (χ3n) is 7.74. The molecule has 2 aromatic carbocycles. The fraction of sp³-hybridized carbons (Fsp3) is 0.484. The molecule has 3 N–H and O–H groups in total. The summed E-state index contributed by atoms with van der Waals surface area (Å²) in [6.07, 6.45) is 4.27. The van der Waals surface area contributed by atoms with Crippen LogP contribution in [0.2, 0.25) is 0 Å². The molecule has 2 heterocycles. The summed E-state index contributed by atoms with van der Waals surface area (Å²) >= 11 is 0. The highest BCUT2D eigenvalue weighted by Gasteiger charge is 2.25. The van der Waals surface area contributed by atoms with Gasteiger partial charge in [-0.2, -0.15) is 5.26 Å². The number of hydrogen-bond acceptors (Lipinski definition) is 5. The number of nitriles is 1. The summed E-state index contributed by atoms with van der Waals surface area (Å²) < 4.78 is 5.26. The second-order valence-electron chi connectivity index (χ2n) is 10.6. The van der Waals surface area contributed by atoms with Gasteiger partial charge in [0.25, 0.3) is 5.91 Å². The number of ether oxygens (including phenoxy) is 1. The maximum absolute atomic E-state index is 13.2. The van der Waals surface area contributed by atoms with Gasteiger partial charge in [0.1, 0.15) is 0 Å². The number of unbranched alkanes of at least 4 members (excludes halogenated alkanes) is 2. The number of rotatable bonds is 9. The summed E-state index contributed by atoms with van der Waals surface area (Å²) in [7, 11) is 0. The van der Waals surface area contributed by atoms with Crippen molar-refractivity contribution in [1.29, 1.82) is 5.26 Å². The lowest BCUT2D eigenvalue weighted by atomic mass is 9.89. The zero-order valence-electron chi connectivity index (χ0n) is 23.8. The molecule has 2 saturated heterocycles. The minimum Gasteiger partial charge on any atom is -0.378 e. The van der Waals surface area contributed by atoms with Crippen molar-refractivity contribution in [3.63, 3.8) is 0 Å². The molecular weight excluding hydrogens is 520 g/mol. The van der Waals surface area contributed by atoms with E-state index >= 15 is 0 Å². The van der Waals surface area contributed by atoms with E-state index in [1.54, 1.807) is 11.0 Å². The van der Waals surface area contributed by atoms with Crippen LogP contribution in [0.4, 0.5) is 15.3 Å². The van der Waals surface area contributed by atoms with Gasteiger partial charge in [-0.1, -0.05) is 18.2 Å². The molecule has 0 radical (unpaired) electrons. The first-order valence-electron chi connectivity index (χ1n) is 14.5. The van der Waals surface area contributed by atoms with Gasteiger partial charge in [0.2, 0.25) is 0 Å². The number of likely N-dealkylation sites (tertiary alicyclic amines) is 1. The van der Waals surface area contributed by atoms with Gasteiger partial charge < -0.3 is 30.5 Å². The summed E-state index contributed by atoms with van der Waals surface area (Å²) in [5, 5.41) is 17.7. The number of nitrogens with zero attached hydrogens (tertiary/aromatic N) is 3. The Labute approximate surface area is 242 Å². The van der Waals surface area contributed by atoms with E-state index in [0.29, 0.717) is 75.2 Å². The van der Waals surface area contributed by atoms with Crippen LogP contribution in [0.25, 0.3) is 0 Å². The molecule has 5 amide bonds. The van der Waals surface area contributed by atoms with Gasteiger partial charge in [-0.15, -0.1) is 0 Å². The van der Waals surface area contributed by atoms with Gasteiger partial charge in [0.15, 0.2) is 0 Å². The number of carbonyl (C=O) groups is 3. The average molecular weight is 561 g/mol. The molecule has 0 bridgehead atoms. The number of nitrogens with one attached hydrogen (secondary N) is 3. The van der Waals surface area contributed by atoms with Crippen LogP contribution < -0.4 is 16.0 Å². The van der Waals surface area contributed by atoms with E-state index in [9.17, 15) is 14.4 Å². The Morgan fingerprint density at radius 1 is 0.902 bits per heavy atom. The predicted octanol–water partition coefficient (Wildman–Crippen LogP) is 4.22. The highest BCUT2D eigenvalue weighted by atomic mass is 16.5. The smallest absolute Gasteiger partial charge is 0.319 e. The molecule has 10 nitrogen and oxygen atoms in total. The fourth-order valence-electron chi connectivity index (χ4n) is 5.19. The van der Waals surface area contributed by atoms with E-state index < -0.39 is 0 Å². The van der Waals surface area contributed by atoms with Crippen LogP contribution in [-0.2, 0) is 4.74 Å². The quantitative estimate of drug-likeness (QED) is 0.396. The van der Waals surface area contributed by atoms with Crippen molar-refractivity contribution in [3.8, 4) is 6.07 Å². The first-order valence-corrected chi connectivity index (χ1v) is 14.5. The Kier molecular flexibility index (Phi) is 11.0. The Morgan fingerprint density at radius 2 is 1.59 bits per heavy atom. The van der Waals surface area contributed by atoms with Gasteiger partial charge in [0, 0.05) is 50.5 Å². The summed E-state index contributed by atoms with van der Waals surface area (Å²) in [6.45, 7) is 6.78. The first kappa shape index (κ1) is 29.9. The van der Waals surface area contributed by atoms with E-state index in [4.69, 9.17) is 10.00 Å². The third kappa shape index (κ3) is 8.69. The summed E-state index contributed by atoms with van der Waals surface area (Å²) in [6, 6.07) is 14.9. The van der Waals surface area contributed by atoms with Gasteiger partial charge in [-0.05, 0) is 80.3 Å². The second-order valence-corrected chi connectivity index (χ2v) is 10.6. The molecular formula is C31H40N6O4. The number of carbonyl (C=O) groups excluding carboxylic acids is 3. The molecule has 0 unspecified atom stereocenters. The number of morpholine rings is 1. The van der Waals surface area contributed by atoms with E-state index in [2.05, 4.69) is 22.0 Å². The van der Waals surface area contributed by atoms with Crippen molar-refractivity contribution in [3.05, 3.63) is 64.7 Å². The molecule has 10 heteroatoms. The minimum absolute atomic E-state index is 0.0348. The number of benzene rings is 2. The normalized spacial score (nSPS) is 15.6. The molecule has 0 aliphatic carbocycles. The van der Waals surface area contributed by atoms with Gasteiger partial charge in [-0.25, -0.2) is 9.59 Å². The zero-order valence-corrected chi connectivity index (χ0v) is 23.8. The monoisotopic (exact) mass is 560 g/mol. The predicted molar refractivity (Wildman–Crippen MR) is 157 cm³/mol. The molecule has 0 spiro atoms. The van der Waals surface area contributed by atoms with E-state index in [-0.39, 0.29) is 18.0 Å². The van der Waals surface area contributed by atoms with Crippen LogP contribution in [0, 0.1) is 18.3 Å². The summed E-state index contributed by atoms with van der Waals surface area (Å²) in [4.78, 5) is 41.5. The number of piperidine rings is 1. The van der Waals surface area contributed by atoms with Gasteiger partial charge in [-0.3, -0.25) is 4.79 Å². The molecule has 2 aliphatic heterocycles. The lowest BCUT2D eigenvalue weighted by Crippen LogP contribution is -2.46. The highest BCUT2D eigenvalue weighted by molar-refractivity contribution is 5.97. The minimum atomic E-state index is -0.304. The van der Waals surface area contributed by atoms with Crippen LogP contribution in [0.1, 0.15) is 65.1 Å². The number of anilines is 1. The van der Waals surface area contributed by atoms with Crippen molar-refractivity contribution >= 4 is 23.7 Å². The lowest BCUT2D eigenvalue weighted by molar-refractivity contribution is 0.0532. The molecule has 2 aromatic rings. The molecule has 0 atom stereocenters. The van der Waals surface area contributed by atoms with E-state index in [1.807, 2.05) is 48.2 Å². The van der Waals surface area contributed by atoms with Crippen LogP contribution in [0.5, 0.6) is 0 Å². The molecule has 41 heavy (non-hydrogen) atoms. The van der Waals surface area contributed by atoms with Crippen LogP contribution in [-0.4, -0.2) is 80.3 Å². The number of urea groups is 2. The molecule has 4 rings (SSSR count). The molecule has 0 aromatic heterocycles. The Balaban J connectivity index is 1.16. The van der Waals surface area contributed by atoms with Crippen molar-refractivity contribution in [2.24, 2.45) is 0 Å². The largest absolute Gasteiger partial charge is 0.378 e. The fourth-order valence-corrected chi connectivity index (χ4v) is 5.19. The Hall–Kier alpha value is -4.10. The third-order valence-corrected chi connectivity index (χ3v) is 7.74. The maximum atomic E-state index is 13.2. The van der Waals surface area contributed by atoms with Gasteiger partial charge >= 0.3 is 12.1 Å². The van der Waals surface area contributed by atoms with Crippen molar-refractivity contribution in [2.45, 2.75) is 44.9 Å². The summed E-state index contributed by atoms with van der Waals surface area (Å²) in [5.41, 5.74) is 3.92. The molecule has 0 saturated carbocycles. The Morgan fingerprint density at radius 3 is 2.27 bits per heavy atom. The average Bonchev–Trinajstić information content (AvgIpc) is 3.01. The highest BCUT2D eigenvalue weighted by Crippen LogP contribution is 2.29. The molecule has 2 fully saturated rings. The van der Waals surface area contributed by atoms with Crippen LogP contribution >= 0.6 is 0 Å². The van der Waals surface area contributed by atoms with E-state index in [0.717, 1.165) is 37.7 Å². The topological polar surface area (TPSA) is 127 Å². The van der Waals surface area contributed by atoms with Crippen molar-refractivity contribution in [2.75, 3.05) is 57.8 Å².